The third-order valence-electron chi connectivity index (χ3n) is 3.78. The predicted octanol–water partition coefficient (Wildman–Crippen LogP) is 2.84. The summed E-state index contributed by atoms with van der Waals surface area (Å²) in [6.45, 7) is 3.16. The summed E-state index contributed by atoms with van der Waals surface area (Å²) in [4.78, 5) is 14.0. The Labute approximate surface area is 131 Å². The van der Waals surface area contributed by atoms with Gasteiger partial charge in [0, 0.05) is 43.2 Å². The summed E-state index contributed by atoms with van der Waals surface area (Å²) in [6, 6.07) is 5.56. The van der Waals surface area contributed by atoms with Gasteiger partial charge in [-0.3, -0.25) is 4.79 Å². The summed E-state index contributed by atoms with van der Waals surface area (Å²) < 4.78 is 5.30. The highest BCUT2D eigenvalue weighted by molar-refractivity contribution is 6.30. The van der Waals surface area contributed by atoms with Crippen molar-refractivity contribution in [2.75, 3.05) is 26.7 Å². The number of carbonyl (C=O) groups excluding carboxylic acids is 1. The highest BCUT2D eigenvalue weighted by Crippen LogP contribution is 2.22. The highest BCUT2D eigenvalue weighted by atomic mass is 35.5. The molecule has 0 atom stereocenters. The lowest BCUT2D eigenvalue weighted by molar-refractivity contribution is -0.131. The molecule has 1 N–H and O–H groups in total. The smallest absolute Gasteiger partial charge is 0.223 e. The summed E-state index contributed by atoms with van der Waals surface area (Å²) in [5.74, 6) is 1.06. The highest BCUT2D eigenvalue weighted by Gasteiger charge is 2.15. The Bertz CT molecular complexity index is 473. The summed E-state index contributed by atoms with van der Waals surface area (Å²) in [7, 11) is 1.65. The van der Waals surface area contributed by atoms with E-state index in [2.05, 4.69) is 5.32 Å². The molecule has 1 saturated heterocycles. The zero-order valence-corrected chi connectivity index (χ0v) is 13.3. The minimum atomic E-state index is 0.250. The van der Waals surface area contributed by atoms with E-state index in [0.29, 0.717) is 24.5 Å². The molecule has 0 aliphatic carbocycles. The molecule has 4 nitrogen and oxygen atoms in total. The average molecular weight is 311 g/mol. The van der Waals surface area contributed by atoms with Gasteiger partial charge in [-0.05, 0) is 37.5 Å². The number of likely N-dealkylation sites (tertiary alicyclic amines) is 1. The van der Waals surface area contributed by atoms with Crippen LogP contribution < -0.4 is 10.1 Å². The van der Waals surface area contributed by atoms with Crippen molar-refractivity contribution in [2.45, 2.75) is 32.2 Å². The second-order valence-electron chi connectivity index (χ2n) is 5.32. The summed E-state index contributed by atoms with van der Waals surface area (Å²) in [6.07, 6.45) is 4.07. The fraction of sp³-hybridized carbons (Fsp3) is 0.562. The first-order valence-corrected chi connectivity index (χ1v) is 7.89. The van der Waals surface area contributed by atoms with E-state index in [-0.39, 0.29) is 5.91 Å². The molecular formula is C16H23ClN2O2. The van der Waals surface area contributed by atoms with Gasteiger partial charge < -0.3 is 15.0 Å². The fourth-order valence-electron chi connectivity index (χ4n) is 2.61. The molecule has 1 aromatic rings. The molecule has 1 amide bonds. The number of ether oxygens (including phenoxy) is 1. The SMILES string of the molecule is COc1ccc(Cl)cc1CNCCC(=O)N1CCCCC1. The van der Waals surface area contributed by atoms with Crippen LogP contribution in [0.3, 0.4) is 0 Å². The Morgan fingerprint density at radius 1 is 1.33 bits per heavy atom. The number of hydrogen-bond donors (Lipinski definition) is 1. The van der Waals surface area contributed by atoms with Crippen LogP contribution in [0.25, 0.3) is 0 Å². The zero-order valence-electron chi connectivity index (χ0n) is 12.5. The number of benzene rings is 1. The first-order valence-electron chi connectivity index (χ1n) is 7.51. The van der Waals surface area contributed by atoms with Crippen LogP contribution in [0, 0.1) is 0 Å². The maximum atomic E-state index is 12.0. The molecule has 1 aliphatic heterocycles. The van der Waals surface area contributed by atoms with Gasteiger partial charge in [0.1, 0.15) is 5.75 Å². The molecule has 0 unspecified atom stereocenters. The van der Waals surface area contributed by atoms with Crippen molar-refractivity contribution >= 4 is 17.5 Å². The molecule has 0 spiro atoms. The second kappa shape index (κ2) is 8.25. The molecule has 2 rings (SSSR count). The lowest BCUT2D eigenvalue weighted by Crippen LogP contribution is -2.37. The Kier molecular flexibility index (Phi) is 6.33. The van der Waals surface area contributed by atoms with Crippen LogP contribution in [-0.2, 0) is 11.3 Å². The summed E-state index contributed by atoms with van der Waals surface area (Å²) in [5, 5.41) is 3.98. The zero-order chi connectivity index (χ0) is 15.1. The number of rotatable bonds is 6. The monoisotopic (exact) mass is 310 g/mol. The van der Waals surface area contributed by atoms with Crippen LogP contribution in [-0.4, -0.2) is 37.6 Å². The number of carbonyl (C=O) groups is 1. The molecule has 0 saturated carbocycles. The molecule has 116 valence electrons. The van der Waals surface area contributed by atoms with Crippen LogP contribution >= 0.6 is 11.6 Å². The average Bonchev–Trinajstić information content (AvgIpc) is 2.52. The van der Waals surface area contributed by atoms with Gasteiger partial charge in [-0.15, -0.1) is 0 Å². The van der Waals surface area contributed by atoms with E-state index in [4.69, 9.17) is 16.3 Å². The topological polar surface area (TPSA) is 41.6 Å². The van der Waals surface area contributed by atoms with Gasteiger partial charge in [-0.1, -0.05) is 11.6 Å². The van der Waals surface area contributed by atoms with E-state index in [1.807, 2.05) is 23.1 Å². The Hall–Kier alpha value is -1.26. The third kappa shape index (κ3) is 4.90. The first-order chi connectivity index (χ1) is 10.2. The second-order valence-corrected chi connectivity index (χ2v) is 5.76. The van der Waals surface area contributed by atoms with Gasteiger partial charge in [0.25, 0.3) is 0 Å². The molecular weight excluding hydrogens is 288 g/mol. The molecule has 1 aromatic carbocycles. The van der Waals surface area contributed by atoms with Crippen LogP contribution in [0.4, 0.5) is 0 Å². The Morgan fingerprint density at radius 3 is 2.81 bits per heavy atom. The Balaban J connectivity index is 1.74. The minimum Gasteiger partial charge on any atom is -0.496 e. The number of nitrogens with one attached hydrogen (secondary N) is 1. The number of hydrogen-bond acceptors (Lipinski definition) is 3. The predicted molar refractivity (Wildman–Crippen MR) is 84.8 cm³/mol. The van der Waals surface area contributed by atoms with Gasteiger partial charge in [0.2, 0.25) is 5.91 Å². The van der Waals surface area contributed by atoms with Gasteiger partial charge in [-0.2, -0.15) is 0 Å². The Morgan fingerprint density at radius 2 is 2.10 bits per heavy atom. The maximum Gasteiger partial charge on any atom is 0.223 e. The molecule has 21 heavy (non-hydrogen) atoms. The van der Waals surface area contributed by atoms with Crippen LogP contribution in [0.5, 0.6) is 5.75 Å². The number of amides is 1. The lowest BCUT2D eigenvalue weighted by Gasteiger charge is -2.26. The largest absolute Gasteiger partial charge is 0.496 e. The van der Waals surface area contributed by atoms with Crippen molar-refractivity contribution < 1.29 is 9.53 Å². The third-order valence-corrected chi connectivity index (χ3v) is 4.02. The van der Waals surface area contributed by atoms with Gasteiger partial charge in [0.15, 0.2) is 0 Å². The molecule has 0 radical (unpaired) electrons. The van der Waals surface area contributed by atoms with Crippen molar-refractivity contribution in [2.24, 2.45) is 0 Å². The molecule has 5 heteroatoms. The lowest BCUT2D eigenvalue weighted by atomic mass is 10.1. The van der Waals surface area contributed by atoms with Crippen molar-refractivity contribution in [3.63, 3.8) is 0 Å². The van der Waals surface area contributed by atoms with Crippen molar-refractivity contribution in [3.05, 3.63) is 28.8 Å². The molecule has 0 aromatic heterocycles. The fourth-order valence-corrected chi connectivity index (χ4v) is 2.80. The van der Waals surface area contributed by atoms with Gasteiger partial charge in [-0.25, -0.2) is 0 Å². The van der Waals surface area contributed by atoms with E-state index in [1.165, 1.54) is 6.42 Å². The van der Waals surface area contributed by atoms with Crippen molar-refractivity contribution in [3.8, 4) is 5.75 Å². The van der Waals surface area contributed by atoms with Crippen LogP contribution in [0.15, 0.2) is 18.2 Å². The number of piperidine rings is 1. The standard InChI is InChI=1S/C16H23ClN2O2/c1-21-15-6-5-14(17)11-13(15)12-18-8-7-16(20)19-9-3-2-4-10-19/h5-6,11,18H,2-4,7-10,12H2,1H3. The van der Waals surface area contributed by atoms with E-state index < -0.39 is 0 Å². The first kappa shape index (κ1) is 16.1. The van der Waals surface area contributed by atoms with Gasteiger partial charge in [0.05, 0.1) is 7.11 Å². The van der Waals surface area contributed by atoms with E-state index >= 15 is 0 Å². The maximum absolute atomic E-state index is 12.0. The van der Waals surface area contributed by atoms with Crippen molar-refractivity contribution in [1.82, 2.24) is 10.2 Å². The van der Waals surface area contributed by atoms with Crippen LogP contribution in [0.2, 0.25) is 5.02 Å². The van der Waals surface area contributed by atoms with Gasteiger partial charge >= 0.3 is 0 Å². The molecule has 1 aliphatic rings. The van der Waals surface area contributed by atoms with E-state index in [0.717, 1.165) is 37.2 Å². The summed E-state index contributed by atoms with van der Waals surface area (Å²) >= 11 is 5.99. The quantitative estimate of drug-likeness (QED) is 0.822. The van der Waals surface area contributed by atoms with E-state index in [1.54, 1.807) is 7.11 Å². The van der Waals surface area contributed by atoms with Crippen molar-refractivity contribution in [1.29, 1.82) is 0 Å². The minimum absolute atomic E-state index is 0.250. The number of halogens is 1. The number of methoxy groups -OCH3 is 1. The molecule has 1 fully saturated rings. The van der Waals surface area contributed by atoms with E-state index in [9.17, 15) is 4.79 Å². The normalized spacial score (nSPS) is 15.0. The summed E-state index contributed by atoms with van der Waals surface area (Å²) in [5.41, 5.74) is 1.01. The molecule has 0 bridgehead atoms. The van der Waals surface area contributed by atoms with Crippen LogP contribution in [0.1, 0.15) is 31.2 Å². The molecule has 1 heterocycles. The number of nitrogens with zero attached hydrogens (tertiary/aromatic N) is 1.